The molecule has 0 fully saturated rings. The average Bonchev–Trinajstić information content (AvgIpc) is 2.76. The van der Waals surface area contributed by atoms with Gasteiger partial charge in [0.1, 0.15) is 0 Å². The zero-order valence-electron chi connectivity index (χ0n) is 12.5. The summed E-state index contributed by atoms with van der Waals surface area (Å²) in [5.41, 5.74) is 4.54. The van der Waals surface area contributed by atoms with Gasteiger partial charge in [0.2, 0.25) is 0 Å². The molecule has 0 aromatic heterocycles. The topological polar surface area (TPSA) is 20.3 Å². The standard InChI is InChI=1S/C19H21NO/c1-2-19(21)16-11-4-6-13-18(16)20-14-8-7-10-15-9-3-5-12-17(15)20/h3-6,9,11-13H,2,7-8,10,14H2,1H3. The lowest BCUT2D eigenvalue weighted by Gasteiger charge is -2.27. The van der Waals surface area contributed by atoms with E-state index >= 15 is 0 Å². The zero-order chi connectivity index (χ0) is 14.7. The molecule has 2 heteroatoms. The summed E-state index contributed by atoms with van der Waals surface area (Å²) in [6.07, 6.45) is 4.03. The summed E-state index contributed by atoms with van der Waals surface area (Å²) in [5.74, 6) is 0.215. The third kappa shape index (κ3) is 2.71. The van der Waals surface area contributed by atoms with Crippen molar-refractivity contribution in [3.8, 4) is 0 Å². The number of para-hydroxylation sites is 2. The highest BCUT2D eigenvalue weighted by molar-refractivity contribution is 6.02. The predicted octanol–water partition coefficient (Wildman–Crippen LogP) is 4.75. The number of carbonyl (C=O) groups is 1. The second kappa shape index (κ2) is 6.13. The first-order valence-corrected chi connectivity index (χ1v) is 7.79. The summed E-state index contributed by atoms with van der Waals surface area (Å²) in [6, 6.07) is 16.6. The molecule has 0 spiro atoms. The van der Waals surface area contributed by atoms with Crippen LogP contribution in [0.4, 0.5) is 11.4 Å². The molecule has 0 bridgehead atoms. The lowest BCUT2D eigenvalue weighted by atomic mass is 10.0. The van der Waals surface area contributed by atoms with E-state index in [9.17, 15) is 4.79 Å². The van der Waals surface area contributed by atoms with Crippen LogP contribution in [0.1, 0.15) is 42.1 Å². The molecule has 1 aliphatic rings. The second-order valence-corrected chi connectivity index (χ2v) is 5.53. The molecule has 2 nitrogen and oxygen atoms in total. The smallest absolute Gasteiger partial charge is 0.164 e. The van der Waals surface area contributed by atoms with Gasteiger partial charge in [-0.05, 0) is 43.0 Å². The highest BCUT2D eigenvalue weighted by Crippen LogP contribution is 2.34. The summed E-state index contributed by atoms with van der Waals surface area (Å²) in [6.45, 7) is 2.90. The maximum Gasteiger partial charge on any atom is 0.164 e. The minimum Gasteiger partial charge on any atom is -0.341 e. The molecule has 1 aliphatic heterocycles. The van der Waals surface area contributed by atoms with E-state index in [2.05, 4.69) is 35.2 Å². The van der Waals surface area contributed by atoms with Gasteiger partial charge in [-0.3, -0.25) is 4.79 Å². The Balaban J connectivity index is 2.10. The van der Waals surface area contributed by atoms with Crippen LogP contribution in [0, 0.1) is 0 Å². The Labute approximate surface area is 126 Å². The molecule has 108 valence electrons. The van der Waals surface area contributed by atoms with Gasteiger partial charge in [0.25, 0.3) is 0 Å². The van der Waals surface area contributed by atoms with E-state index in [-0.39, 0.29) is 5.78 Å². The van der Waals surface area contributed by atoms with Crippen LogP contribution in [0.15, 0.2) is 48.5 Å². The van der Waals surface area contributed by atoms with Gasteiger partial charge in [-0.2, -0.15) is 0 Å². The van der Waals surface area contributed by atoms with Crippen LogP contribution in [0.25, 0.3) is 0 Å². The molecule has 0 unspecified atom stereocenters. The maximum absolute atomic E-state index is 12.2. The van der Waals surface area contributed by atoms with E-state index < -0.39 is 0 Å². The van der Waals surface area contributed by atoms with E-state index in [1.165, 1.54) is 17.7 Å². The summed E-state index contributed by atoms with van der Waals surface area (Å²) >= 11 is 0. The van der Waals surface area contributed by atoms with Crippen molar-refractivity contribution in [2.75, 3.05) is 11.4 Å². The molecular formula is C19H21NO. The first-order valence-electron chi connectivity index (χ1n) is 7.79. The molecule has 1 heterocycles. The van der Waals surface area contributed by atoms with Gasteiger partial charge in [0, 0.05) is 24.2 Å². The lowest BCUT2D eigenvalue weighted by molar-refractivity contribution is 0.0988. The Morgan fingerprint density at radius 1 is 1.00 bits per heavy atom. The number of carbonyl (C=O) groups excluding carboxylic acids is 1. The Hall–Kier alpha value is -2.09. The summed E-state index contributed by atoms with van der Waals surface area (Å²) < 4.78 is 0. The quantitative estimate of drug-likeness (QED) is 0.755. The third-order valence-electron chi connectivity index (χ3n) is 4.18. The van der Waals surface area contributed by atoms with E-state index in [0.717, 1.165) is 30.6 Å². The van der Waals surface area contributed by atoms with Crippen molar-refractivity contribution in [3.05, 3.63) is 59.7 Å². The molecule has 0 amide bonds. The fourth-order valence-electron chi connectivity index (χ4n) is 3.08. The minimum absolute atomic E-state index is 0.215. The summed E-state index contributed by atoms with van der Waals surface area (Å²) in [7, 11) is 0. The number of hydrogen-bond acceptors (Lipinski definition) is 2. The minimum atomic E-state index is 0.215. The van der Waals surface area contributed by atoms with Gasteiger partial charge in [-0.15, -0.1) is 0 Å². The second-order valence-electron chi connectivity index (χ2n) is 5.53. The number of hydrogen-bond donors (Lipinski definition) is 0. The molecule has 3 rings (SSSR count). The van der Waals surface area contributed by atoms with Crippen LogP contribution in [-0.2, 0) is 6.42 Å². The predicted molar refractivity (Wildman–Crippen MR) is 87.4 cm³/mol. The number of benzene rings is 2. The number of fused-ring (bicyclic) bond motifs is 1. The number of ketones is 1. The molecule has 2 aromatic rings. The van der Waals surface area contributed by atoms with Gasteiger partial charge in [-0.1, -0.05) is 37.3 Å². The number of nitrogens with zero attached hydrogens (tertiary/aromatic N) is 1. The van der Waals surface area contributed by atoms with E-state index in [4.69, 9.17) is 0 Å². The Morgan fingerprint density at radius 3 is 2.52 bits per heavy atom. The molecule has 0 aliphatic carbocycles. The van der Waals surface area contributed by atoms with Gasteiger partial charge < -0.3 is 4.90 Å². The monoisotopic (exact) mass is 279 g/mol. The maximum atomic E-state index is 12.2. The number of rotatable bonds is 3. The van der Waals surface area contributed by atoms with Crippen LogP contribution >= 0.6 is 0 Å². The highest BCUT2D eigenvalue weighted by atomic mass is 16.1. The van der Waals surface area contributed by atoms with Crippen molar-refractivity contribution >= 4 is 17.2 Å². The van der Waals surface area contributed by atoms with Crippen molar-refractivity contribution in [1.82, 2.24) is 0 Å². The van der Waals surface area contributed by atoms with Crippen LogP contribution in [0.5, 0.6) is 0 Å². The molecule has 0 saturated carbocycles. The highest BCUT2D eigenvalue weighted by Gasteiger charge is 2.20. The van der Waals surface area contributed by atoms with E-state index in [1.54, 1.807) is 0 Å². The van der Waals surface area contributed by atoms with Crippen LogP contribution in [0.3, 0.4) is 0 Å². The zero-order valence-corrected chi connectivity index (χ0v) is 12.5. The third-order valence-corrected chi connectivity index (χ3v) is 4.18. The molecule has 2 aromatic carbocycles. The van der Waals surface area contributed by atoms with E-state index in [0.29, 0.717) is 6.42 Å². The normalized spacial score (nSPS) is 14.4. The van der Waals surface area contributed by atoms with Crippen LogP contribution < -0.4 is 4.90 Å². The van der Waals surface area contributed by atoms with Gasteiger partial charge in [-0.25, -0.2) is 0 Å². The Kier molecular flexibility index (Phi) is 4.05. The van der Waals surface area contributed by atoms with Gasteiger partial charge in [0.05, 0.1) is 5.69 Å². The number of aryl methyl sites for hydroxylation is 1. The van der Waals surface area contributed by atoms with Crippen LogP contribution in [0.2, 0.25) is 0 Å². The first kappa shape index (κ1) is 13.9. The fraction of sp³-hybridized carbons (Fsp3) is 0.316. The number of Topliss-reactive ketones (excluding diaryl/α,β-unsaturated/α-hetero) is 1. The number of anilines is 2. The van der Waals surface area contributed by atoms with Crippen molar-refractivity contribution in [2.24, 2.45) is 0 Å². The molecule has 0 atom stereocenters. The fourth-order valence-corrected chi connectivity index (χ4v) is 3.08. The molecule has 0 radical (unpaired) electrons. The molecule has 21 heavy (non-hydrogen) atoms. The lowest BCUT2D eigenvalue weighted by Crippen LogP contribution is -2.20. The van der Waals surface area contributed by atoms with E-state index in [1.807, 2.05) is 25.1 Å². The Bertz CT molecular complexity index is 648. The Morgan fingerprint density at radius 2 is 1.71 bits per heavy atom. The van der Waals surface area contributed by atoms with Crippen molar-refractivity contribution in [3.63, 3.8) is 0 Å². The summed E-state index contributed by atoms with van der Waals surface area (Å²) in [5, 5.41) is 0. The largest absolute Gasteiger partial charge is 0.341 e. The molecular weight excluding hydrogens is 258 g/mol. The van der Waals surface area contributed by atoms with Crippen molar-refractivity contribution in [2.45, 2.75) is 32.6 Å². The molecule has 0 saturated heterocycles. The van der Waals surface area contributed by atoms with Crippen molar-refractivity contribution < 1.29 is 4.79 Å². The summed E-state index contributed by atoms with van der Waals surface area (Å²) in [4.78, 5) is 14.6. The SMILES string of the molecule is CCC(=O)c1ccccc1N1CCCCc2ccccc21. The van der Waals surface area contributed by atoms with Gasteiger partial charge >= 0.3 is 0 Å². The van der Waals surface area contributed by atoms with Gasteiger partial charge in [0.15, 0.2) is 5.78 Å². The van der Waals surface area contributed by atoms with Crippen molar-refractivity contribution in [1.29, 1.82) is 0 Å². The van der Waals surface area contributed by atoms with Crippen LogP contribution in [-0.4, -0.2) is 12.3 Å². The molecule has 0 N–H and O–H groups in total. The first-order chi connectivity index (χ1) is 10.3. The average molecular weight is 279 g/mol.